The monoisotopic (exact) mass is 283 g/mol. The lowest BCUT2D eigenvalue weighted by atomic mass is 10.2. The molecule has 2 heterocycles. The quantitative estimate of drug-likeness (QED) is 0.734. The molecule has 21 heavy (non-hydrogen) atoms. The van der Waals surface area contributed by atoms with Crippen LogP contribution in [0.4, 0.5) is 5.69 Å². The van der Waals surface area contributed by atoms with Gasteiger partial charge in [0.1, 0.15) is 0 Å². The van der Waals surface area contributed by atoms with E-state index in [0.29, 0.717) is 24.1 Å². The summed E-state index contributed by atoms with van der Waals surface area (Å²) >= 11 is 0. The van der Waals surface area contributed by atoms with Gasteiger partial charge in [0.2, 0.25) is 11.6 Å². The minimum Gasteiger partial charge on any atom is -0.395 e. The molecular formula is C14H13N5O2. The van der Waals surface area contributed by atoms with Gasteiger partial charge in [0, 0.05) is 30.2 Å². The SMILES string of the molecule is OCCNc1ccc(-c2nc(-c3ncccn3)no2)cc1. The average molecular weight is 283 g/mol. The van der Waals surface area contributed by atoms with Gasteiger partial charge in [-0.1, -0.05) is 5.16 Å². The fourth-order valence-corrected chi connectivity index (χ4v) is 1.78. The predicted molar refractivity (Wildman–Crippen MR) is 76.3 cm³/mol. The van der Waals surface area contributed by atoms with Crippen molar-refractivity contribution in [3.8, 4) is 23.1 Å². The standard InChI is InChI=1S/C14H13N5O2/c20-9-8-15-11-4-2-10(3-5-11)14-18-13(19-21-14)12-16-6-1-7-17-12/h1-7,15,20H,8-9H2. The van der Waals surface area contributed by atoms with Crippen molar-refractivity contribution in [1.82, 2.24) is 20.1 Å². The lowest BCUT2D eigenvalue weighted by molar-refractivity contribution is 0.311. The third kappa shape index (κ3) is 3.03. The Kier molecular flexibility index (Phi) is 3.83. The molecule has 106 valence electrons. The van der Waals surface area contributed by atoms with Crippen molar-refractivity contribution in [3.05, 3.63) is 42.7 Å². The van der Waals surface area contributed by atoms with Crippen LogP contribution in [0.15, 0.2) is 47.2 Å². The van der Waals surface area contributed by atoms with Gasteiger partial charge in [-0.15, -0.1) is 0 Å². The molecule has 7 heteroatoms. The van der Waals surface area contributed by atoms with Crippen LogP contribution in [0.3, 0.4) is 0 Å². The van der Waals surface area contributed by atoms with Crippen LogP contribution in [0.2, 0.25) is 0 Å². The first kappa shape index (κ1) is 13.2. The molecule has 0 aliphatic heterocycles. The van der Waals surface area contributed by atoms with Crippen molar-refractivity contribution in [1.29, 1.82) is 0 Å². The van der Waals surface area contributed by atoms with Crippen molar-refractivity contribution in [2.24, 2.45) is 0 Å². The topological polar surface area (TPSA) is 97.0 Å². The fourth-order valence-electron chi connectivity index (χ4n) is 1.78. The molecule has 0 unspecified atom stereocenters. The number of hydrogen-bond acceptors (Lipinski definition) is 7. The molecule has 0 saturated carbocycles. The second-order valence-electron chi connectivity index (χ2n) is 4.22. The van der Waals surface area contributed by atoms with Crippen molar-refractivity contribution in [3.63, 3.8) is 0 Å². The van der Waals surface area contributed by atoms with Gasteiger partial charge in [-0.25, -0.2) is 9.97 Å². The molecule has 2 N–H and O–H groups in total. The molecule has 0 atom stereocenters. The zero-order valence-electron chi connectivity index (χ0n) is 11.1. The molecule has 0 radical (unpaired) electrons. The highest BCUT2D eigenvalue weighted by atomic mass is 16.5. The van der Waals surface area contributed by atoms with Crippen LogP contribution in [-0.2, 0) is 0 Å². The van der Waals surface area contributed by atoms with Gasteiger partial charge in [-0.3, -0.25) is 0 Å². The number of anilines is 1. The van der Waals surface area contributed by atoms with Crippen LogP contribution in [-0.4, -0.2) is 38.4 Å². The first-order valence-corrected chi connectivity index (χ1v) is 6.43. The van der Waals surface area contributed by atoms with E-state index in [4.69, 9.17) is 9.63 Å². The molecule has 2 aromatic heterocycles. The molecule has 0 saturated heterocycles. The predicted octanol–water partition coefficient (Wildman–Crippen LogP) is 1.60. The summed E-state index contributed by atoms with van der Waals surface area (Å²) in [6.07, 6.45) is 3.25. The highest BCUT2D eigenvalue weighted by Crippen LogP contribution is 2.21. The number of benzene rings is 1. The Labute approximate surface area is 120 Å². The normalized spacial score (nSPS) is 10.5. The van der Waals surface area contributed by atoms with Gasteiger partial charge in [0.15, 0.2) is 0 Å². The first-order valence-electron chi connectivity index (χ1n) is 6.43. The second-order valence-corrected chi connectivity index (χ2v) is 4.22. The summed E-state index contributed by atoms with van der Waals surface area (Å²) in [7, 11) is 0. The maximum absolute atomic E-state index is 8.76. The van der Waals surface area contributed by atoms with Crippen LogP contribution in [0.5, 0.6) is 0 Å². The smallest absolute Gasteiger partial charge is 0.258 e. The summed E-state index contributed by atoms with van der Waals surface area (Å²) in [6.45, 7) is 0.598. The first-order chi connectivity index (χ1) is 10.4. The Morgan fingerprint density at radius 1 is 1.05 bits per heavy atom. The summed E-state index contributed by atoms with van der Waals surface area (Å²) in [5, 5.41) is 15.7. The van der Waals surface area contributed by atoms with Crippen molar-refractivity contribution >= 4 is 5.69 Å². The molecule has 0 aliphatic rings. The summed E-state index contributed by atoms with van der Waals surface area (Å²) in [5.74, 6) is 1.19. The number of aliphatic hydroxyl groups is 1. The van der Waals surface area contributed by atoms with E-state index < -0.39 is 0 Å². The number of nitrogens with zero attached hydrogens (tertiary/aromatic N) is 4. The summed E-state index contributed by atoms with van der Waals surface area (Å²) in [5.41, 5.74) is 1.72. The van der Waals surface area contributed by atoms with E-state index in [-0.39, 0.29) is 6.61 Å². The minimum atomic E-state index is 0.0891. The zero-order valence-corrected chi connectivity index (χ0v) is 11.1. The molecule has 1 aromatic carbocycles. The van der Waals surface area contributed by atoms with E-state index in [9.17, 15) is 0 Å². The van der Waals surface area contributed by atoms with Crippen LogP contribution in [0.25, 0.3) is 23.1 Å². The number of hydrogen-bond donors (Lipinski definition) is 2. The average Bonchev–Trinajstić information content (AvgIpc) is 3.04. The summed E-state index contributed by atoms with van der Waals surface area (Å²) < 4.78 is 5.22. The van der Waals surface area contributed by atoms with E-state index in [1.54, 1.807) is 18.5 Å². The van der Waals surface area contributed by atoms with Crippen LogP contribution in [0.1, 0.15) is 0 Å². The maximum Gasteiger partial charge on any atom is 0.258 e. The molecule has 0 bridgehead atoms. The maximum atomic E-state index is 8.76. The zero-order chi connectivity index (χ0) is 14.5. The Morgan fingerprint density at radius 2 is 1.81 bits per heavy atom. The number of aliphatic hydroxyl groups excluding tert-OH is 1. The molecule has 3 rings (SSSR count). The fraction of sp³-hybridized carbons (Fsp3) is 0.143. The highest BCUT2D eigenvalue weighted by Gasteiger charge is 2.12. The third-order valence-corrected chi connectivity index (χ3v) is 2.76. The Hall–Kier alpha value is -2.80. The molecular weight excluding hydrogens is 270 g/mol. The minimum absolute atomic E-state index is 0.0891. The van der Waals surface area contributed by atoms with Gasteiger partial charge < -0.3 is 14.9 Å². The van der Waals surface area contributed by atoms with Gasteiger partial charge in [0.25, 0.3) is 5.89 Å². The van der Waals surface area contributed by atoms with E-state index in [1.807, 2.05) is 24.3 Å². The lowest BCUT2D eigenvalue weighted by Gasteiger charge is -2.03. The number of aromatic nitrogens is 4. The van der Waals surface area contributed by atoms with Gasteiger partial charge in [-0.2, -0.15) is 4.98 Å². The molecule has 0 amide bonds. The van der Waals surface area contributed by atoms with Crippen molar-refractivity contribution < 1.29 is 9.63 Å². The molecule has 0 aliphatic carbocycles. The van der Waals surface area contributed by atoms with Crippen molar-refractivity contribution in [2.45, 2.75) is 0 Å². The van der Waals surface area contributed by atoms with Gasteiger partial charge in [0.05, 0.1) is 6.61 Å². The van der Waals surface area contributed by atoms with E-state index in [2.05, 4.69) is 25.4 Å². The largest absolute Gasteiger partial charge is 0.395 e. The third-order valence-electron chi connectivity index (χ3n) is 2.76. The number of rotatable bonds is 5. The number of nitrogens with one attached hydrogen (secondary N) is 1. The highest BCUT2D eigenvalue weighted by molar-refractivity contribution is 5.59. The Morgan fingerprint density at radius 3 is 2.52 bits per heavy atom. The van der Waals surface area contributed by atoms with Crippen molar-refractivity contribution in [2.75, 3.05) is 18.5 Å². The molecule has 0 spiro atoms. The lowest BCUT2D eigenvalue weighted by Crippen LogP contribution is -2.04. The van der Waals surface area contributed by atoms with Crippen LogP contribution in [0, 0.1) is 0 Å². The Bertz CT molecular complexity index is 697. The van der Waals surface area contributed by atoms with E-state index >= 15 is 0 Å². The molecule has 3 aromatic rings. The van der Waals surface area contributed by atoms with Crippen LogP contribution < -0.4 is 5.32 Å². The summed E-state index contributed by atoms with van der Waals surface area (Å²) in [6, 6.07) is 9.22. The molecule has 7 nitrogen and oxygen atoms in total. The van der Waals surface area contributed by atoms with E-state index in [1.165, 1.54) is 0 Å². The Balaban J connectivity index is 1.80. The van der Waals surface area contributed by atoms with Gasteiger partial charge >= 0.3 is 0 Å². The van der Waals surface area contributed by atoms with Gasteiger partial charge in [-0.05, 0) is 30.3 Å². The summed E-state index contributed by atoms with van der Waals surface area (Å²) in [4.78, 5) is 12.4. The second kappa shape index (κ2) is 6.10. The van der Waals surface area contributed by atoms with E-state index in [0.717, 1.165) is 11.3 Å². The van der Waals surface area contributed by atoms with Crippen LogP contribution >= 0.6 is 0 Å². The molecule has 0 fully saturated rings.